The van der Waals surface area contributed by atoms with E-state index in [4.69, 9.17) is 0 Å². The standard InChI is InChI=1S/C31H37F3N6O3/c1-6-27(41)39-18-22-16-23(39)17-38(22)13-12-36(4)29-19(2)8-7-9-24(29)37(5)30(43)25-10-11-28(42)40(25)26-15-21(31(32,33)34)14-20(3)35-26/h6-9,14-15,22-23,25H,1,10-13,16-18H2,2-5H3. The first-order valence-corrected chi connectivity index (χ1v) is 14.4. The summed E-state index contributed by atoms with van der Waals surface area (Å²) in [4.78, 5) is 52.1. The molecule has 3 saturated heterocycles. The minimum absolute atomic E-state index is 0.0250. The van der Waals surface area contributed by atoms with Gasteiger partial charge in [-0.1, -0.05) is 18.7 Å². The lowest BCUT2D eigenvalue weighted by Gasteiger charge is -2.36. The van der Waals surface area contributed by atoms with Crippen molar-refractivity contribution in [2.75, 3.05) is 55.0 Å². The molecular weight excluding hydrogens is 561 g/mol. The van der Waals surface area contributed by atoms with Gasteiger partial charge in [0, 0.05) is 64.5 Å². The van der Waals surface area contributed by atoms with Gasteiger partial charge in [-0.15, -0.1) is 0 Å². The number of benzene rings is 1. The number of halogens is 3. The molecule has 2 bridgehead atoms. The molecule has 0 aliphatic carbocycles. The Morgan fingerprint density at radius 2 is 1.88 bits per heavy atom. The van der Waals surface area contributed by atoms with Crippen molar-refractivity contribution in [3.8, 4) is 0 Å². The Balaban J connectivity index is 1.33. The van der Waals surface area contributed by atoms with Gasteiger partial charge in [-0.3, -0.25) is 24.2 Å². The van der Waals surface area contributed by atoms with E-state index in [2.05, 4.69) is 21.4 Å². The predicted molar refractivity (Wildman–Crippen MR) is 158 cm³/mol. The predicted octanol–water partition coefficient (Wildman–Crippen LogP) is 3.78. The first-order chi connectivity index (χ1) is 20.3. The van der Waals surface area contributed by atoms with E-state index in [0.29, 0.717) is 24.8 Å². The van der Waals surface area contributed by atoms with Crippen LogP contribution in [0.1, 0.15) is 36.1 Å². The van der Waals surface area contributed by atoms with Gasteiger partial charge in [0.1, 0.15) is 11.9 Å². The van der Waals surface area contributed by atoms with E-state index >= 15 is 0 Å². The lowest BCUT2D eigenvalue weighted by molar-refractivity contribution is -0.137. The Kier molecular flexibility index (Phi) is 8.26. The number of anilines is 3. The maximum atomic E-state index is 13.9. The van der Waals surface area contributed by atoms with Gasteiger partial charge in [-0.05, 0) is 56.5 Å². The summed E-state index contributed by atoms with van der Waals surface area (Å²) < 4.78 is 40.6. The van der Waals surface area contributed by atoms with E-state index in [1.165, 1.54) is 17.9 Å². The van der Waals surface area contributed by atoms with Crippen molar-refractivity contribution < 1.29 is 27.6 Å². The minimum Gasteiger partial charge on any atom is -0.371 e. The largest absolute Gasteiger partial charge is 0.416 e. The molecule has 230 valence electrons. The summed E-state index contributed by atoms with van der Waals surface area (Å²) in [6, 6.07) is 6.93. The monoisotopic (exact) mass is 598 g/mol. The molecule has 3 atom stereocenters. The molecule has 2 aromatic rings. The summed E-state index contributed by atoms with van der Waals surface area (Å²) in [6.45, 7) is 9.97. The smallest absolute Gasteiger partial charge is 0.371 e. The summed E-state index contributed by atoms with van der Waals surface area (Å²) in [5, 5.41) is 0. The van der Waals surface area contributed by atoms with Crippen LogP contribution in [-0.4, -0.2) is 90.9 Å². The zero-order chi connectivity index (χ0) is 31.2. The molecule has 0 radical (unpaired) electrons. The molecule has 1 aromatic heterocycles. The first kappa shape index (κ1) is 30.5. The second kappa shape index (κ2) is 11.6. The molecule has 12 heteroatoms. The Morgan fingerprint density at radius 1 is 1.14 bits per heavy atom. The molecule has 3 aliphatic rings. The van der Waals surface area contributed by atoms with E-state index in [1.807, 2.05) is 37.1 Å². The third-order valence-corrected chi connectivity index (χ3v) is 8.84. The number of hydrogen-bond acceptors (Lipinski definition) is 6. The Bertz CT molecular complexity index is 1450. The van der Waals surface area contributed by atoms with Gasteiger partial charge < -0.3 is 14.7 Å². The highest BCUT2D eigenvalue weighted by Crippen LogP contribution is 2.37. The van der Waals surface area contributed by atoms with Crippen molar-refractivity contribution in [2.45, 2.75) is 57.4 Å². The summed E-state index contributed by atoms with van der Waals surface area (Å²) >= 11 is 0. The van der Waals surface area contributed by atoms with E-state index in [9.17, 15) is 27.6 Å². The Morgan fingerprint density at radius 3 is 2.53 bits per heavy atom. The zero-order valence-corrected chi connectivity index (χ0v) is 24.9. The van der Waals surface area contributed by atoms with E-state index in [-0.39, 0.29) is 36.3 Å². The first-order valence-electron chi connectivity index (χ1n) is 14.4. The number of fused-ring (bicyclic) bond motifs is 2. The summed E-state index contributed by atoms with van der Waals surface area (Å²) in [7, 11) is 3.59. The number of carbonyl (C=O) groups excluding carboxylic acids is 3. The number of carbonyl (C=O) groups is 3. The van der Waals surface area contributed by atoms with Gasteiger partial charge >= 0.3 is 6.18 Å². The second-order valence-electron chi connectivity index (χ2n) is 11.7. The molecule has 3 aliphatic heterocycles. The van der Waals surface area contributed by atoms with Gasteiger partial charge in [0.25, 0.3) is 0 Å². The SMILES string of the molecule is C=CC(=O)N1CC2CC1CN2CCN(C)c1c(C)cccc1N(C)C(=O)C1CCC(=O)N1c1cc(C(F)(F)F)cc(C)n1. The molecule has 1 aromatic carbocycles. The van der Waals surface area contributed by atoms with Crippen LogP contribution in [0.4, 0.5) is 30.4 Å². The molecule has 5 rings (SSSR count). The van der Waals surface area contributed by atoms with E-state index < -0.39 is 29.6 Å². The van der Waals surface area contributed by atoms with Crippen molar-refractivity contribution in [1.29, 1.82) is 0 Å². The summed E-state index contributed by atoms with van der Waals surface area (Å²) in [5.74, 6) is -1.03. The number of alkyl halides is 3. The number of piperazine rings is 1. The average Bonchev–Trinajstić information content (AvgIpc) is 3.68. The fourth-order valence-corrected chi connectivity index (χ4v) is 6.70. The van der Waals surface area contributed by atoms with Crippen LogP contribution >= 0.6 is 0 Å². The van der Waals surface area contributed by atoms with Gasteiger partial charge in [0.15, 0.2) is 0 Å². The van der Waals surface area contributed by atoms with Gasteiger partial charge in [0.05, 0.1) is 16.9 Å². The van der Waals surface area contributed by atoms with Gasteiger partial charge in [-0.2, -0.15) is 13.2 Å². The van der Waals surface area contributed by atoms with Crippen LogP contribution < -0.4 is 14.7 Å². The molecule has 0 N–H and O–H groups in total. The number of hydrogen-bond donors (Lipinski definition) is 0. The molecule has 4 heterocycles. The molecule has 3 fully saturated rings. The summed E-state index contributed by atoms with van der Waals surface area (Å²) in [5.41, 5.74) is 1.65. The van der Waals surface area contributed by atoms with Gasteiger partial charge in [0.2, 0.25) is 17.7 Å². The van der Waals surface area contributed by atoms with Crippen LogP contribution in [0.3, 0.4) is 0 Å². The lowest BCUT2D eigenvalue weighted by atomic mass is 10.1. The van der Waals surface area contributed by atoms with E-state index in [0.717, 1.165) is 47.8 Å². The third kappa shape index (κ3) is 5.84. The number of pyridine rings is 1. The van der Waals surface area contributed by atoms with Crippen LogP contribution in [0.5, 0.6) is 0 Å². The van der Waals surface area contributed by atoms with Crippen LogP contribution in [0.25, 0.3) is 0 Å². The fraction of sp³-hybridized carbons (Fsp3) is 0.484. The maximum absolute atomic E-state index is 13.9. The van der Waals surface area contributed by atoms with Crippen LogP contribution in [0.15, 0.2) is 43.0 Å². The van der Waals surface area contributed by atoms with Crippen molar-refractivity contribution in [3.05, 3.63) is 59.8 Å². The molecule has 9 nitrogen and oxygen atoms in total. The van der Waals surface area contributed by atoms with Crippen LogP contribution in [0.2, 0.25) is 0 Å². The normalized spacial score (nSPS) is 21.9. The highest BCUT2D eigenvalue weighted by Gasteiger charge is 2.45. The number of aromatic nitrogens is 1. The fourth-order valence-electron chi connectivity index (χ4n) is 6.70. The second-order valence-corrected chi connectivity index (χ2v) is 11.7. The average molecular weight is 599 g/mol. The van der Waals surface area contributed by atoms with Crippen LogP contribution in [-0.2, 0) is 20.6 Å². The van der Waals surface area contributed by atoms with Crippen molar-refractivity contribution in [1.82, 2.24) is 14.8 Å². The molecule has 0 saturated carbocycles. The highest BCUT2D eigenvalue weighted by atomic mass is 19.4. The quantitative estimate of drug-likeness (QED) is 0.431. The van der Waals surface area contributed by atoms with Gasteiger partial charge in [-0.25, -0.2) is 4.98 Å². The lowest BCUT2D eigenvalue weighted by Crippen LogP contribution is -2.50. The van der Waals surface area contributed by atoms with Crippen molar-refractivity contribution >= 4 is 34.9 Å². The molecule has 43 heavy (non-hydrogen) atoms. The Hall–Kier alpha value is -3.93. The zero-order valence-electron chi connectivity index (χ0n) is 24.9. The number of aryl methyl sites for hydroxylation is 2. The number of likely N-dealkylation sites (N-methyl/N-ethyl adjacent to an activating group) is 2. The number of likely N-dealkylation sites (tertiary alicyclic amines) is 2. The van der Waals surface area contributed by atoms with Crippen LogP contribution in [0, 0.1) is 13.8 Å². The topological polar surface area (TPSA) is 80.3 Å². The summed E-state index contributed by atoms with van der Waals surface area (Å²) in [6.07, 6.45) is -2.07. The Labute approximate surface area is 249 Å². The number of rotatable bonds is 8. The molecular formula is C31H37F3N6O3. The van der Waals surface area contributed by atoms with E-state index in [1.54, 1.807) is 7.05 Å². The number of amides is 3. The molecule has 3 unspecified atom stereocenters. The highest BCUT2D eigenvalue weighted by molar-refractivity contribution is 6.09. The number of para-hydroxylation sites is 1. The van der Waals surface area contributed by atoms with Crippen molar-refractivity contribution in [3.63, 3.8) is 0 Å². The molecule has 3 amide bonds. The number of nitrogens with zero attached hydrogens (tertiary/aromatic N) is 6. The molecule has 0 spiro atoms. The van der Waals surface area contributed by atoms with Crippen molar-refractivity contribution in [2.24, 2.45) is 0 Å². The third-order valence-electron chi connectivity index (χ3n) is 8.84. The maximum Gasteiger partial charge on any atom is 0.416 e. The minimum atomic E-state index is -4.61.